The summed E-state index contributed by atoms with van der Waals surface area (Å²) in [5, 5.41) is 0. The van der Waals surface area contributed by atoms with Gasteiger partial charge in [0.2, 0.25) is 0 Å². The fraction of sp³-hybridized carbons (Fsp3) is 0.350. The van der Waals surface area contributed by atoms with Crippen molar-refractivity contribution in [1.29, 1.82) is 0 Å². The molecule has 3 nitrogen and oxygen atoms in total. The third-order valence-electron chi connectivity index (χ3n) is 4.54. The highest BCUT2D eigenvalue weighted by Crippen LogP contribution is 2.27. The second-order valence-electron chi connectivity index (χ2n) is 6.39. The number of amides is 1. The Kier molecular flexibility index (Phi) is 4.37. The highest BCUT2D eigenvalue weighted by Gasteiger charge is 2.23. The number of benzene rings is 2. The minimum Gasteiger partial charge on any atom is -0.368 e. The molecular formula is C20H24N2O. The number of hydrogen-bond acceptors (Lipinski definition) is 2. The SMILES string of the molecule is Cc1cc(C)c(N2CCN(C(=O)c3ccccc3)CC2)c(C)c1. The van der Waals surface area contributed by atoms with Gasteiger partial charge in [0.15, 0.2) is 0 Å². The lowest BCUT2D eigenvalue weighted by atomic mass is 10.0. The van der Waals surface area contributed by atoms with E-state index in [0.29, 0.717) is 0 Å². The van der Waals surface area contributed by atoms with Crippen LogP contribution in [0.3, 0.4) is 0 Å². The van der Waals surface area contributed by atoms with Crippen LogP contribution < -0.4 is 4.90 Å². The van der Waals surface area contributed by atoms with Gasteiger partial charge in [0.1, 0.15) is 0 Å². The van der Waals surface area contributed by atoms with E-state index in [1.54, 1.807) is 0 Å². The first-order chi connectivity index (χ1) is 11.1. The minimum absolute atomic E-state index is 0.141. The fourth-order valence-corrected chi connectivity index (χ4v) is 3.57. The zero-order valence-electron chi connectivity index (χ0n) is 14.2. The van der Waals surface area contributed by atoms with Crippen LogP contribution in [0.15, 0.2) is 42.5 Å². The molecule has 1 heterocycles. The van der Waals surface area contributed by atoms with E-state index in [9.17, 15) is 4.79 Å². The lowest BCUT2D eigenvalue weighted by Gasteiger charge is -2.37. The summed E-state index contributed by atoms with van der Waals surface area (Å²) in [5.74, 6) is 0.141. The van der Waals surface area contributed by atoms with E-state index < -0.39 is 0 Å². The van der Waals surface area contributed by atoms with Crippen molar-refractivity contribution >= 4 is 11.6 Å². The molecule has 0 aromatic heterocycles. The van der Waals surface area contributed by atoms with E-state index >= 15 is 0 Å². The standard InChI is InChI=1S/C20H24N2O/c1-15-13-16(2)19(17(3)14-15)21-9-11-22(12-10-21)20(23)18-7-5-4-6-8-18/h4-8,13-14H,9-12H2,1-3H3. The van der Waals surface area contributed by atoms with Crippen LogP contribution in [0.1, 0.15) is 27.0 Å². The Balaban J connectivity index is 1.71. The molecule has 0 atom stereocenters. The van der Waals surface area contributed by atoms with Crippen LogP contribution in [0.25, 0.3) is 0 Å². The number of carbonyl (C=O) groups excluding carboxylic acids is 1. The normalized spacial score (nSPS) is 14.9. The number of anilines is 1. The predicted octanol–water partition coefficient (Wildman–Crippen LogP) is 3.57. The zero-order valence-corrected chi connectivity index (χ0v) is 14.2. The van der Waals surface area contributed by atoms with Gasteiger partial charge >= 0.3 is 0 Å². The number of piperazine rings is 1. The Morgan fingerprint density at radius 3 is 2.00 bits per heavy atom. The molecule has 1 fully saturated rings. The minimum atomic E-state index is 0.141. The molecule has 0 bridgehead atoms. The van der Waals surface area contributed by atoms with Crippen LogP contribution in [0.4, 0.5) is 5.69 Å². The first-order valence-electron chi connectivity index (χ1n) is 8.23. The average Bonchev–Trinajstić information content (AvgIpc) is 2.55. The lowest BCUT2D eigenvalue weighted by Crippen LogP contribution is -2.49. The molecule has 2 aromatic carbocycles. The average molecular weight is 308 g/mol. The summed E-state index contributed by atoms with van der Waals surface area (Å²) in [6, 6.07) is 14.0. The number of rotatable bonds is 2. The first-order valence-corrected chi connectivity index (χ1v) is 8.23. The lowest BCUT2D eigenvalue weighted by molar-refractivity contribution is 0.0747. The highest BCUT2D eigenvalue weighted by molar-refractivity contribution is 5.94. The summed E-state index contributed by atoms with van der Waals surface area (Å²) in [4.78, 5) is 16.9. The fourth-order valence-electron chi connectivity index (χ4n) is 3.57. The summed E-state index contributed by atoms with van der Waals surface area (Å²) in [6.07, 6.45) is 0. The smallest absolute Gasteiger partial charge is 0.253 e. The largest absolute Gasteiger partial charge is 0.368 e. The van der Waals surface area contributed by atoms with Gasteiger partial charge in [-0.15, -0.1) is 0 Å². The number of hydrogen-bond donors (Lipinski definition) is 0. The first kappa shape index (κ1) is 15.6. The van der Waals surface area contributed by atoms with Gasteiger partial charge in [-0.25, -0.2) is 0 Å². The van der Waals surface area contributed by atoms with Gasteiger partial charge in [0.05, 0.1) is 0 Å². The Labute approximate surface area is 138 Å². The van der Waals surface area contributed by atoms with Crippen LogP contribution in [0, 0.1) is 20.8 Å². The van der Waals surface area contributed by atoms with Crippen molar-refractivity contribution in [2.75, 3.05) is 31.1 Å². The third kappa shape index (κ3) is 3.24. The van der Waals surface area contributed by atoms with Crippen LogP contribution in [-0.4, -0.2) is 37.0 Å². The van der Waals surface area contributed by atoms with Crippen LogP contribution in [-0.2, 0) is 0 Å². The second-order valence-corrected chi connectivity index (χ2v) is 6.39. The van der Waals surface area contributed by atoms with Crippen molar-refractivity contribution in [3.8, 4) is 0 Å². The van der Waals surface area contributed by atoms with E-state index in [2.05, 4.69) is 37.8 Å². The van der Waals surface area contributed by atoms with E-state index in [0.717, 1.165) is 31.7 Å². The van der Waals surface area contributed by atoms with E-state index in [1.807, 2.05) is 35.2 Å². The van der Waals surface area contributed by atoms with Crippen molar-refractivity contribution in [3.05, 3.63) is 64.7 Å². The van der Waals surface area contributed by atoms with Crippen molar-refractivity contribution < 1.29 is 4.79 Å². The van der Waals surface area contributed by atoms with Crippen LogP contribution >= 0.6 is 0 Å². The topological polar surface area (TPSA) is 23.6 Å². The Morgan fingerprint density at radius 2 is 1.43 bits per heavy atom. The molecule has 3 rings (SSSR count). The number of aryl methyl sites for hydroxylation is 3. The molecule has 1 amide bonds. The van der Waals surface area contributed by atoms with Crippen molar-refractivity contribution in [1.82, 2.24) is 4.90 Å². The van der Waals surface area contributed by atoms with Crippen LogP contribution in [0.5, 0.6) is 0 Å². The molecule has 0 spiro atoms. The maximum Gasteiger partial charge on any atom is 0.253 e. The van der Waals surface area contributed by atoms with Crippen molar-refractivity contribution in [3.63, 3.8) is 0 Å². The quantitative estimate of drug-likeness (QED) is 0.846. The Hall–Kier alpha value is -2.29. The molecule has 0 unspecified atom stereocenters. The molecule has 0 radical (unpaired) electrons. The molecule has 0 aliphatic carbocycles. The van der Waals surface area contributed by atoms with Gasteiger partial charge in [-0.1, -0.05) is 35.9 Å². The summed E-state index contributed by atoms with van der Waals surface area (Å²) >= 11 is 0. The maximum absolute atomic E-state index is 12.5. The summed E-state index contributed by atoms with van der Waals surface area (Å²) in [7, 11) is 0. The molecule has 0 N–H and O–H groups in total. The van der Waals surface area contributed by atoms with E-state index in [4.69, 9.17) is 0 Å². The van der Waals surface area contributed by atoms with Gasteiger partial charge in [-0.3, -0.25) is 4.79 Å². The molecule has 3 heteroatoms. The third-order valence-corrected chi connectivity index (χ3v) is 4.54. The maximum atomic E-state index is 12.5. The Bertz CT molecular complexity index is 678. The Morgan fingerprint density at radius 1 is 0.870 bits per heavy atom. The van der Waals surface area contributed by atoms with E-state index in [-0.39, 0.29) is 5.91 Å². The van der Waals surface area contributed by atoms with Crippen molar-refractivity contribution in [2.45, 2.75) is 20.8 Å². The molecule has 0 saturated carbocycles. The van der Waals surface area contributed by atoms with Gasteiger partial charge < -0.3 is 9.80 Å². The highest BCUT2D eigenvalue weighted by atomic mass is 16.2. The molecule has 2 aromatic rings. The van der Waals surface area contributed by atoms with Gasteiger partial charge in [0, 0.05) is 37.4 Å². The van der Waals surface area contributed by atoms with Crippen molar-refractivity contribution in [2.24, 2.45) is 0 Å². The summed E-state index contributed by atoms with van der Waals surface area (Å²) in [5.41, 5.74) is 6.07. The number of carbonyl (C=O) groups is 1. The summed E-state index contributed by atoms with van der Waals surface area (Å²) in [6.45, 7) is 9.83. The van der Waals surface area contributed by atoms with Gasteiger partial charge in [0.25, 0.3) is 5.91 Å². The molecule has 120 valence electrons. The molecule has 1 aliphatic heterocycles. The predicted molar refractivity (Wildman–Crippen MR) is 95.2 cm³/mol. The zero-order chi connectivity index (χ0) is 16.4. The summed E-state index contributed by atoms with van der Waals surface area (Å²) < 4.78 is 0. The van der Waals surface area contributed by atoms with Crippen LogP contribution in [0.2, 0.25) is 0 Å². The molecular weight excluding hydrogens is 284 g/mol. The molecule has 1 aliphatic rings. The van der Waals surface area contributed by atoms with E-state index in [1.165, 1.54) is 22.4 Å². The molecule has 23 heavy (non-hydrogen) atoms. The number of nitrogens with zero attached hydrogens (tertiary/aromatic N) is 2. The monoisotopic (exact) mass is 308 g/mol. The second kappa shape index (κ2) is 6.45. The van der Waals surface area contributed by atoms with Gasteiger partial charge in [-0.05, 0) is 44.0 Å². The van der Waals surface area contributed by atoms with Gasteiger partial charge in [-0.2, -0.15) is 0 Å². The molecule has 1 saturated heterocycles.